The van der Waals surface area contributed by atoms with Gasteiger partial charge in [-0.05, 0) is 42.2 Å². The molecular formula is C28H30Cl2N2O2. The van der Waals surface area contributed by atoms with Crippen LogP contribution in [0.25, 0.3) is 0 Å². The van der Waals surface area contributed by atoms with Crippen molar-refractivity contribution in [2.24, 2.45) is 0 Å². The first-order valence-corrected chi connectivity index (χ1v) is 12.2. The van der Waals surface area contributed by atoms with Gasteiger partial charge in [0, 0.05) is 19.0 Å². The molecular weight excluding hydrogens is 467 g/mol. The summed E-state index contributed by atoms with van der Waals surface area (Å²) in [5, 5.41) is 3.94. The van der Waals surface area contributed by atoms with Crippen molar-refractivity contribution < 1.29 is 9.59 Å². The lowest BCUT2D eigenvalue weighted by molar-refractivity contribution is -0.141. The van der Waals surface area contributed by atoms with Crippen LogP contribution in [-0.2, 0) is 29.0 Å². The number of hydrogen-bond donors (Lipinski definition) is 1. The van der Waals surface area contributed by atoms with Crippen molar-refractivity contribution in [2.45, 2.75) is 51.7 Å². The highest BCUT2D eigenvalue weighted by atomic mass is 35.5. The number of amides is 2. The lowest BCUT2D eigenvalue weighted by atomic mass is 10.0. The number of rotatable bonds is 10. The average molecular weight is 497 g/mol. The van der Waals surface area contributed by atoms with Crippen LogP contribution in [0.1, 0.15) is 37.0 Å². The number of hydrogen-bond acceptors (Lipinski definition) is 2. The first-order valence-electron chi connectivity index (χ1n) is 11.5. The van der Waals surface area contributed by atoms with Gasteiger partial charge in [0.05, 0.1) is 16.5 Å². The molecule has 0 unspecified atom stereocenters. The van der Waals surface area contributed by atoms with Crippen LogP contribution < -0.4 is 5.32 Å². The second kappa shape index (κ2) is 12.6. The molecule has 0 spiro atoms. The van der Waals surface area contributed by atoms with Gasteiger partial charge in [0.1, 0.15) is 6.04 Å². The fourth-order valence-electron chi connectivity index (χ4n) is 3.70. The highest BCUT2D eigenvalue weighted by Gasteiger charge is 2.31. The molecule has 4 nitrogen and oxygen atoms in total. The second-order valence-electron chi connectivity index (χ2n) is 8.46. The predicted molar refractivity (Wildman–Crippen MR) is 139 cm³/mol. The SMILES string of the molecule is CC[C@H](C)NC(=O)[C@H](Cc1ccccc1)N(Cc1ccc(Cl)c(Cl)c1)C(=O)Cc1ccccc1. The van der Waals surface area contributed by atoms with Crippen molar-refractivity contribution in [1.82, 2.24) is 10.2 Å². The molecule has 0 bridgehead atoms. The molecule has 34 heavy (non-hydrogen) atoms. The van der Waals surface area contributed by atoms with Crippen LogP contribution in [0.3, 0.4) is 0 Å². The van der Waals surface area contributed by atoms with E-state index in [2.05, 4.69) is 5.32 Å². The standard InChI is InChI=1S/C28H30Cl2N2O2/c1-3-20(2)31-28(34)26(17-21-10-6-4-7-11-21)32(19-23-14-15-24(29)25(30)16-23)27(33)18-22-12-8-5-9-13-22/h4-16,20,26H,3,17-19H2,1-2H3,(H,31,34)/t20-,26-/m0/s1. The third kappa shape index (κ3) is 7.34. The van der Waals surface area contributed by atoms with Gasteiger partial charge in [-0.1, -0.05) is 96.9 Å². The summed E-state index contributed by atoms with van der Waals surface area (Å²) in [7, 11) is 0. The summed E-state index contributed by atoms with van der Waals surface area (Å²) in [5.74, 6) is -0.294. The lowest BCUT2D eigenvalue weighted by Crippen LogP contribution is -2.52. The smallest absolute Gasteiger partial charge is 0.243 e. The van der Waals surface area contributed by atoms with E-state index in [1.165, 1.54) is 0 Å². The zero-order valence-corrected chi connectivity index (χ0v) is 21.0. The molecule has 0 saturated carbocycles. The molecule has 0 aliphatic carbocycles. The van der Waals surface area contributed by atoms with Gasteiger partial charge in [-0.2, -0.15) is 0 Å². The van der Waals surface area contributed by atoms with Crippen LogP contribution in [0.4, 0.5) is 0 Å². The maximum atomic E-state index is 13.6. The molecule has 6 heteroatoms. The number of halogens is 2. The van der Waals surface area contributed by atoms with Crippen molar-refractivity contribution >= 4 is 35.0 Å². The van der Waals surface area contributed by atoms with Crippen molar-refractivity contribution in [3.63, 3.8) is 0 Å². The van der Waals surface area contributed by atoms with Crippen LogP contribution in [0.5, 0.6) is 0 Å². The van der Waals surface area contributed by atoms with E-state index in [9.17, 15) is 9.59 Å². The van der Waals surface area contributed by atoms with Crippen LogP contribution in [0.15, 0.2) is 78.9 Å². The molecule has 0 radical (unpaired) electrons. The third-order valence-electron chi connectivity index (χ3n) is 5.81. The Kier molecular flexibility index (Phi) is 9.55. The largest absolute Gasteiger partial charge is 0.352 e. The Morgan fingerprint density at radius 1 is 0.853 bits per heavy atom. The summed E-state index contributed by atoms with van der Waals surface area (Å²) < 4.78 is 0. The van der Waals surface area contributed by atoms with E-state index in [1.54, 1.807) is 17.0 Å². The van der Waals surface area contributed by atoms with Crippen molar-refractivity contribution in [3.05, 3.63) is 106 Å². The minimum absolute atomic E-state index is 0.00169. The Hall–Kier alpha value is -2.82. The summed E-state index contributed by atoms with van der Waals surface area (Å²) in [6, 6.07) is 23.9. The summed E-state index contributed by atoms with van der Waals surface area (Å²) in [6.07, 6.45) is 1.41. The van der Waals surface area contributed by atoms with Gasteiger partial charge in [-0.3, -0.25) is 9.59 Å². The summed E-state index contributed by atoms with van der Waals surface area (Å²) >= 11 is 12.4. The second-order valence-corrected chi connectivity index (χ2v) is 9.27. The van der Waals surface area contributed by atoms with E-state index in [1.807, 2.05) is 80.6 Å². The Labute approximate surface area is 211 Å². The molecule has 3 rings (SSSR count). The molecule has 178 valence electrons. The molecule has 1 N–H and O–H groups in total. The van der Waals surface area contributed by atoms with Crippen molar-refractivity contribution in [1.29, 1.82) is 0 Å². The summed E-state index contributed by atoms with van der Waals surface area (Å²) in [6.45, 7) is 4.23. The summed E-state index contributed by atoms with van der Waals surface area (Å²) in [5.41, 5.74) is 2.69. The van der Waals surface area contributed by atoms with E-state index in [0.717, 1.165) is 23.1 Å². The van der Waals surface area contributed by atoms with E-state index in [-0.39, 0.29) is 30.8 Å². The molecule has 0 fully saturated rings. The van der Waals surface area contributed by atoms with Gasteiger partial charge >= 0.3 is 0 Å². The zero-order valence-electron chi connectivity index (χ0n) is 19.5. The number of carbonyl (C=O) groups excluding carboxylic acids is 2. The number of nitrogens with zero attached hydrogens (tertiary/aromatic N) is 1. The molecule has 3 aromatic rings. The van der Waals surface area contributed by atoms with Crippen molar-refractivity contribution in [2.75, 3.05) is 0 Å². The predicted octanol–water partition coefficient (Wildman–Crippen LogP) is 6.09. The Morgan fingerprint density at radius 2 is 1.47 bits per heavy atom. The average Bonchev–Trinajstić information content (AvgIpc) is 2.84. The fourth-order valence-corrected chi connectivity index (χ4v) is 4.02. The topological polar surface area (TPSA) is 49.4 Å². The monoisotopic (exact) mass is 496 g/mol. The summed E-state index contributed by atoms with van der Waals surface area (Å²) in [4.78, 5) is 28.8. The highest BCUT2D eigenvalue weighted by molar-refractivity contribution is 6.42. The maximum Gasteiger partial charge on any atom is 0.243 e. The molecule has 3 aromatic carbocycles. The van der Waals surface area contributed by atoms with Crippen molar-refractivity contribution in [3.8, 4) is 0 Å². The third-order valence-corrected chi connectivity index (χ3v) is 6.55. The number of carbonyl (C=O) groups is 2. The number of benzene rings is 3. The van der Waals surface area contributed by atoms with Crippen LogP contribution >= 0.6 is 23.2 Å². The minimum atomic E-state index is -0.679. The number of nitrogens with one attached hydrogen (secondary N) is 1. The molecule has 0 aliphatic rings. The van der Waals surface area contributed by atoms with Crippen LogP contribution in [0, 0.1) is 0 Å². The fraction of sp³-hybridized carbons (Fsp3) is 0.286. The zero-order chi connectivity index (χ0) is 24.5. The first-order chi connectivity index (χ1) is 16.4. The van der Waals surface area contributed by atoms with Gasteiger partial charge in [0.2, 0.25) is 11.8 Å². The van der Waals surface area contributed by atoms with Crippen LogP contribution in [-0.4, -0.2) is 28.8 Å². The molecule has 0 aromatic heterocycles. The van der Waals surface area contributed by atoms with Gasteiger partial charge in [-0.25, -0.2) is 0 Å². The van der Waals surface area contributed by atoms with Gasteiger partial charge in [0.25, 0.3) is 0 Å². The maximum absolute atomic E-state index is 13.6. The van der Waals surface area contributed by atoms with E-state index in [4.69, 9.17) is 23.2 Å². The van der Waals surface area contributed by atoms with Crippen LogP contribution in [0.2, 0.25) is 10.0 Å². The normalized spacial score (nSPS) is 12.6. The molecule has 2 amide bonds. The highest BCUT2D eigenvalue weighted by Crippen LogP contribution is 2.24. The first kappa shape index (κ1) is 25.8. The Balaban J connectivity index is 1.98. The van der Waals surface area contributed by atoms with Gasteiger partial charge in [0.15, 0.2) is 0 Å². The quantitative estimate of drug-likeness (QED) is 0.369. The lowest BCUT2D eigenvalue weighted by Gasteiger charge is -2.32. The Morgan fingerprint density at radius 3 is 2.06 bits per heavy atom. The molecule has 2 atom stereocenters. The van der Waals surface area contributed by atoms with Gasteiger partial charge in [-0.15, -0.1) is 0 Å². The van der Waals surface area contributed by atoms with E-state index in [0.29, 0.717) is 16.5 Å². The molecule has 0 aliphatic heterocycles. The Bertz CT molecular complexity index is 1090. The van der Waals surface area contributed by atoms with E-state index < -0.39 is 6.04 Å². The minimum Gasteiger partial charge on any atom is -0.352 e. The molecule has 0 saturated heterocycles. The van der Waals surface area contributed by atoms with Gasteiger partial charge < -0.3 is 10.2 Å². The van der Waals surface area contributed by atoms with E-state index >= 15 is 0 Å². The molecule has 0 heterocycles.